The van der Waals surface area contributed by atoms with Gasteiger partial charge in [0, 0.05) is 12.1 Å². The molecule has 1 aromatic rings. The van der Waals surface area contributed by atoms with Crippen LogP contribution in [0.4, 0.5) is 0 Å². The molecule has 0 aromatic heterocycles. The summed E-state index contributed by atoms with van der Waals surface area (Å²) < 4.78 is 37.5. The van der Waals surface area contributed by atoms with Gasteiger partial charge in [-0.1, -0.05) is 0 Å². The number of rotatable bonds is 5. The van der Waals surface area contributed by atoms with Crippen molar-refractivity contribution >= 4 is 34.4 Å². The van der Waals surface area contributed by atoms with Gasteiger partial charge in [-0.2, -0.15) is 0 Å². The van der Waals surface area contributed by atoms with Crippen LogP contribution >= 0.6 is 12.4 Å². The molecule has 0 saturated carbocycles. The van der Waals surface area contributed by atoms with Crippen LogP contribution in [0.3, 0.4) is 0 Å². The zero-order chi connectivity index (χ0) is 18.6. The number of hydrogen-bond donors (Lipinski definition) is 2. The average molecular weight is 407 g/mol. The van der Waals surface area contributed by atoms with Gasteiger partial charge in [-0.05, 0) is 44.5 Å². The Balaban J connectivity index is 0.00000338. The number of nitrogens with one attached hydrogen (secondary N) is 2. The topological polar surface area (TPSA) is 111 Å². The first-order valence-electron chi connectivity index (χ1n) is 7.85. The van der Waals surface area contributed by atoms with Crippen molar-refractivity contribution in [2.75, 3.05) is 20.8 Å². The highest BCUT2D eigenvalue weighted by atomic mass is 35.5. The minimum atomic E-state index is -4.02. The lowest BCUT2D eigenvalue weighted by Gasteiger charge is -2.28. The van der Waals surface area contributed by atoms with Crippen LogP contribution in [0.25, 0.3) is 0 Å². The van der Waals surface area contributed by atoms with Gasteiger partial charge in [-0.3, -0.25) is 0 Å². The molecule has 1 aromatic carbocycles. The van der Waals surface area contributed by atoms with Crippen molar-refractivity contribution in [3.8, 4) is 0 Å². The first-order valence-corrected chi connectivity index (χ1v) is 9.33. The van der Waals surface area contributed by atoms with E-state index in [2.05, 4.69) is 19.5 Å². The molecule has 1 fully saturated rings. The maximum atomic E-state index is 12.8. The van der Waals surface area contributed by atoms with E-state index in [0.717, 1.165) is 13.2 Å². The van der Waals surface area contributed by atoms with E-state index in [0.29, 0.717) is 19.4 Å². The third-order valence-electron chi connectivity index (χ3n) is 4.04. The minimum Gasteiger partial charge on any atom is -0.465 e. The van der Waals surface area contributed by atoms with Gasteiger partial charge in [-0.25, -0.2) is 22.7 Å². The van der Waals surface area contributed by atoms with Gasteiger partial charge in [-0.15, -0.1) is 12.4 Å². The zero-order valence-corrected chi connectivity index (χ0v) is 16.4. The van der Waals surface area contributed by atoms with E-state index in [-0.39, 0.29) is 40.5 Å². The van der Waals surface area contributed by atoms with Gasteiger partial charge in [0.2, 0.25) is 10.0 Å². The SMILES string of the molecule is COC(=O)c1ccc(C(=O)OC)c(S(=O)(=O)NC2CCNC(C)C2)c1.Cl. The summed E-state index contributed by atoms with van der Waals surface area (Å²) in [5.41, 5.74) is -0.0983. The lowest BCUT2D eigenvalue weighted by atomic mass is 10.0. The second kappa shape index (κ2) is 9.31. The van der Waals surface area contributed by atoms with Crippen LogP contribution in [0.1, 0.15) is 40.5 Å². The number of methoxy groups -OCH3 is 2. The van der Waals surface area contributed by atoms with Crippen LogP contribution in [0.15, 0.2) is 23.1 Å². The molecule has 2 N–H and O–H groups in total. The maximum Gasteiger partial charge on any atom is 0.339 e. The van der Waals surface area contributed by atoms with E-state index in [9.17, 15) is 18.0 Å². The maximum absolute atomic E-state index is 12.8. The molecule has 10 heteroatoms. The Morgan fingerprint density at radius 1 is 1.19 bits per heavy atom. The van der Waals surface area contributed by atoms with Gasteiger partial charge >= 0.3 is 11.9 Å². The third kappa shape index (κ3) is 5.16. The highest BCUT2D eigenvalue weighted by Crippen LogP contribution is 2.21. The number of esters is 2. The zero-order valence-electron chi connectivity index (χ0n) is 14.8. The van der Waals surface area contributed by atoms with Crippen LogP contribution in [0, 0.1) is 0 Å². The summed E-state index contributed by atoms with van der Waals surface area (Å²) in [7, 11) is -1.66. The van der Waals surface area contributed by atoms with E-state index in [1.165, 1.54) is 19.2 Å². The monoisotopic (exact) mass is 406 g/mol. The normalized spacial score (nSPS) is 20.0. The summed E-state index contributed by atoms with van der Waals surface area (Å²) in [6, 6.07) is 3.63. The molecule has 1 aliphatic heterocycles. The largest absolute Gasteiger partial charge is 0.465 e. The summed E-state index contributed by atoms with van der Waals surface area (Å²) in [6.45, 7) is 2.67. The van der Waals surface area contributed by atoms with Crippen molar-refractivity contribution in [1.29, 1.82) is 0 Å². The number of halogens is 1. The van der Waals surface area contributed by atoms with Crippen LogP contribution in [0.5, 0.6) is 0 Å². The third-order valence-corrected chi connectivity index (χ3v) is 5.60. The Labute approximate surface area is 159 Å². The molecule has 2 unspecified atom stereocenters. The summed E-state index contributed by atoms with van der Waals surface area (Å²) in [6.07, 6.45) is 1.26. The van der Waals surface area contributed by atoms with Crippen molar-refractivity contribution in [2.24, 2.45) is 0 Å². The van der Waals surface area contributed by atoms with Gasteiger partial charge in [0.25, 0.3) is 0 Å². The molecule has 0 bridgehead atoms. The summed E-state index contributed by atoms with van der Waals surface area (Å²) in [5, 5.41) is 3.24. The molecule has 8 nitrogen and oxygen atoms in total. The van der Waals surface area contributed by atoms with Crippen LogP contribution in [0.2, 0.25) is 0 Å². The molecule has 2 atom stereocenters. The Kier molecular flexibility index (Phi) is 8.01. The van der Waals surface area contributed by atoms with E-state index in [1.54, 1.807) is 0 Å². The Morgan fingerprint density at radius 2 is 1.85 bits per heavy atom. The number of benzene rings is 1. The summed E-state index contributed by atoms with van der Waals surface area (Å²) >= 11 is 0. The molecule has 0 radical (unpaired) electrons. The predicted molar refractivity (Wildman–Crippen MR) is 97.2 cm³/mol. The minimum absolute atomic E-state index is 0. The van der Waals surface area contributed by atoms with Crippen LogP contribution in [-0.4, -0.2) is 53.2 Å². The molecule has 0 amide bonds. The van der Waals surface area contributed by atoms with E-state index in [4.69, 9.17) is 0 Å². The molecular formula is C16H23ClN2O6S. The molecule has 0 aliphatic carbocycles. The smallest absolute Gasteiger partial charge is 0.339 e. The first-order chi connectivity index (χ1) is 11.8. The molecule has 146 valence electrons. The van der Waals surface area contributed by atoms with Crippen molar-refractivity contribution < 1.29 is 27.5 Å². The average Bonchev–Trinajstić information content (AvgIpc) is 2.59. The molecule has 1 aliphatic rings. The van der Waals surface area contributed by atoms with Crippen LogP contribution < -0.4 is 10.0 Å². The fourth-order valence-corrected chi connectivity index (χ4v) is 4.29. The Bertz CT molecular complexity index is 768. The lowest BCUT2D eigenvalue weighted by molar-refractivity contribution is 0.0583. The second-order valence-corrected chi connectivity index (χ2v) is 7.57. The van der Waals surface area contributed by atoms with E-state index in [1.807, 2.05) is 6.92 Å². The molecule has 1 saturated heterocycles. The van der Waals surface area contributed by atoms with Crippen molar-refractivity contribution in [3.05, 3.63) is 29.3 Å². The first kappa shape index (κ1) is 22.4. The van der Waals surface area contributed by atoms with Crippen LogP contribution in [-0.2, 0) is 19.5 Å². The summed E-state index contributed by atoms with van der Waals surface area (Å²) in [4.78, 5) is 23.4. The standard InChI is InChI=1S/C16H22N2O6S.ClH/c1-10-8-12(6-7-17-10)18-25(21,22)14-9-11(15(19)23-2)4-5-13(14)16(20)24-3;/h4-5,9-10,12,17-18H,6-8H2,1-3H3;1H. The predicted octanol–water partition coefficient (Wildman–Crippen LogP) is 1.10. The number of ether oxygens (including phenoxy) is 2. The van der Waals surface area contributed by atoms with Crippen molar-refractivity contribution in [3.63, 3.8) is 0 Å². The lowest BCUT2D eigenvalue weighted by Crippen LogP contribution is -2.46. The molecular weight excluding hydrogens is 384 g/mol. The fraction of sp³-hybridized carbons (Fsp3) is 0.500. The number of carbonyl (C=O) groups excluding carboxylic acids is 2. The van der Waals surface area contributed by atoms with Crippen molar-refractivity contribution in [1.82, 2.24) is 10.0 Å². The number of carbonyl (C=O) groups is 2. The van der Waals surface area contributed by atoms with E-state index < -0.39 is 22.0 Å². The number of sulfonamides is 1. The van der Waals surface area contributed by atoms with Gasteiger partial charge in [0.1, 0.15) is 0 Å². The second-order valence-electron chi connectivity index (χ2n) is 5.89. The highest BCUT2D eigenvalue weighted by Gasteiger charge is 2.29. The number of hydrogen-bond acceptors (Lipinski definition) is 7. The van der Waals surface area contributed by atoms with Crippen molar-refractivity contribution in [2.45, 2.75) is 36.7 Å². The van der Waals surface area contributed by atoms with E-state index >= 15 is 0 Å². The molecule has 2 rings (SSSR count). The van der Waals surface area contributed by atoms with Gasteiger partial charge < -0.3 is 14.8 Å². The van der Waals surface area contributed by atoms with Gasteiger partial charge in [0.15, 0.2) is 0 Å². The molecule has 0 spiro atoms. The number of piperidine rings is 1. The molecule has 1 heterocycles. The Hall–Kier alpha value is -1.68. The van der Waals surface area contributed by atoms with Gasteiger partial charge in [0.05, 0.1) is 30.2 Å². The molecule has 26 heavy (non-hydrogen) atoms. The summed E-state index contributed by atoms with van der Waals surface area (Å²) in [5.74, 6) is -1.49. The fourth-order valence-electron chi connectivity index (χ4n) is 2.79. The highest BCUT2D eigenvalue weighted by molar-refractivity contribution is 7.89. The quantitative estimate of drug-likeness (QED) is 0.704. The Morgan fingerprint density at radius 3 is 2.42 bits per heavy atom.